The van der Waals surface area contributed by atoms with Gasteiger partial charge in [-0.05, 0) is 38.4 Å². The number of non-ortho nitro benzene ring substituents is 1. The number of nitro groups is 1. The fourth-order valence-corrected chi connectivity index (χ4v) is 2.73. The van der Waals surface area contributed by atoms with E-state index >= 15 is 0 Å². The maximum atomic E-state index is 13.0. The van der Waals surface area contributed by atoms with E-state index in [0.29, 0.717) is 5.75 Å². The number of ether oxygens (including phenoxy) is 1. The SMILES string of the molecule is COc1ccccc1N(C(=O)SN(C)C)C(=O)c1ccc([N+](=O)[O-])cc1. The number of benzene rings is 2. The molecule has 0 radical (unpaired) electrons. The van der Waals surface area contributed by atoms with Crippen molar-refractivity contribution in [3.63, 3.8) is 0 Å². The molecular formula is C17H17N3O5S. The molecule has 2 aromatic carbocycles. The van der Waals surface area contributed by atoms with E-state index in [-0.39, 0.29) is 16.9 Å². The molecule has 0 saturated carbocycles. The number of amides is 2. The van der Waals surface area contributed by atoms with Crippen LogP contribution in [0.2, 0.25) is 0 Å². The minimum absolute atomic E-state index is 0.139. The second kappa shape index (κ2) is 8.45. The molecule has 136 valence electrons. The van der Waals surface area contributed by atoms with Crippen molar-refractivity contribution in [2.45, 2.75) is 0 Å². The van der Waals surface area contributed by atoms with Crippen molar-refractivity contribution in [3.8, 4) is 5.75 Å². The van der Waals surface area contributed by atoms with Crippen molar-refractivity contribution in [2.75, 3.05) is 26.1 Å². The van der Waals surface area contributed by atoms with Crippen molar-refractivity contribution >= 4 is 34.5 Å². The lowest BCUT2D eigenvalue weighted by molar-refractivity contribution is -0.384. The number of rotatable bonds is 5. The van der Waals surface area contributed by atoms with Gasteiger partial charge in [-0.25, -0.2) is 9.21 Å². The van der Waals surface area contributed by atoms with Gasteiger partial charge in [0.15, 0.2) is 0 Å². The van der Waals surface area contributed by atoms with E-state index in [4.69, 9.17) is 4.74 Å². The van der Waals surface area contributed by atoms with Crippen molar-refractivity contribution in [2.24, 2.45) is 0 Å². The molecule has 0 unspecified atom stereocenters. The molecule has 0 N–H and O–H groups in total. The molecule has 2 rings (SSSR count). The lowest BCUT2D eigenvalue weighted by Gasteiger charge is -2.23. The fraction of sp³-hybridized carbons (Fsp3) is 0.176. The van der Waals surface area contributed by atoms with Crippen LogP contribution in [-0.2, 0) is 0 Å². The van der Waals surface area contributed by atoms with E-state index in [2.05, 4.69) is 0 Å². The maximum Gasteiger partial charge on any atom is 0.308 e. The van der Waals surface area contributed by atoms with Gasteiger partial charge in [0.05, 0.1) is 17.7 Å². The monoisotopic (exact) mass is 375 g/mol. The predicted octanol–water partition coefficient (Wildman–Crippen LogP) is 3.58. The first kappa shape index (κ1) is 19.4. The predicted molar refractivity (Wildman–Crippen MR) is 99.6 cm³/mol. The molecule has 2 aromatic rings. The van der Waals surface area contributed by atoms with Crippen LogP contribution in [-0.4, -0.2) is 41.6 Å². The van der Waals surface area contributed by atoms with Crippen LogP contribution >= 0.6 is 11.9 Å². The average molecular weight is 375 g/mol. The van der Waals surface area contributed by atoms with Gasteiger partial charge in [-0.15, -0.1) is 0 Å². The Hall–Kier alpha value is -2.91. The van der Waals surface area contributed by atoms with Gasteiger partial charge < -0.3 is 4.74 Å². The van der Waals surface area contributed by atoms with Crippen molar-refractivity contribution in [3.05, 3.63) is 64.2 Å². The highest BCUT2D eigenvalue weighted by molar-refractivity contribution is 8.11. The molecular weight excluding hydrogens is 358 g/mol. The number of nitro benzene ring substituents is 1. The highest BCUT2D eigenvalue weighted by Gasteiger charge is 2.28. The van der Waals surface area contributed by atoms with Crippen LogP contribution in [0.4, 0.5) is 16.2 Å². The number of nitrogens with zero attached hydrogens (tertiary/aromatic N) is 3. The third-order valence-electron chi connectivity index (χ3n) is 3.30. The normalized spacial score (nSPS) is 10.5. The minimum Gasteiger partial charge on any atom is -0.495 e. The number of hydrogen-bond acceptors (Lipinski definition) is 7. The molecule has 0 fully saturated rings. The molecule has 0 bridgehead atoms. The molecule has 0 aliphatic rings. The summed E-state index contributed by atoms with van der Waals surface area (Å²) in [4.78, 5) is 36.9. The van der Waals surface area contributed by atoms with Crippen LogP contribution in [0.15, 0.2) is 48.5 Å². The third-order valence-corrected chi connectivity index (χ3v) is 4.00. The van der Waals surface area contributed by atoms with E-state index in [1.54, 1.807) is 42.7 Å². The molecule has 9 heteroatoms. The Bertz CT molecular complexity index is 823. The van der Waals surface area contributed by atoms with Gasteiger partial charge >= 0.3 is 5.24 Å². The standard InChI is InChI=1S/C17H17N3O5S/c1-18(2)26-17(22)19(14-6-4-5-7-15(14)25-3)16(21)12-8-10-13(11-9-12)20(23)24/h4-11H,1-3H3. The van der Waals surface area contributed by atoms with Crippen molar-refractivity contribution in [1.29, 1.82) is 0 Å². The largest absolute Gasteiger partial charge is 0.495 e. The van der Waals surface area contributed by atoms with E-state index in [0.717, 1.165) is 16.8 Å². The van der Waals surface area contributed by atoms with Crippen molar-refractivity contribution < 1.29 is 19.2 Å². The van der Waals surface area contributed by atoms with Crippen LogP contribution in [0.25, 0.3) is 0 Å². The number of carbonyl (C=O) groups is 2. The summed E-state index contributed by atoms with van der Waals surface area (Å²) < 4.78 is 6.82. The average Bonchev–Trinajstić information content (AvgIpc) is 2.61. The van der Waals surface area contributed by atoms with Gasteiger partial charge in [0.2, 0.25) is 0 Å². The van der Waals surface area contributed by atoms with Crippen LogP contribution in [0, 0.1) is 10.1 Å². The summed E-state index contributed by atoms with van der Waals surface area (Å²) in [6.07, 6.45) is 0. The zero-order valence-electron chi connectivity index (χ0n) is 14.4. The Morgan fingerprint density at radius 1 is 1.08 bits per heavy atom. The molecule has 26 heavy (non-hydrogen) atoms. The first-order chi connectivity index (χ1) is 12.3. The second-order valence-corrected chi connectivity index (χ2v) is 6.55. The van der Waals surface area contributed by atoms with Gasteiger partial charge in [0, 0.05) is 29.6 Å². The first-order valence-corrected chi connectivity index (χ1v) is 8.23. The molecule has 0 aliphatic carbocycles. The lowest BCUT2D eigenvalue weighted by atomic mass is 10.1. The zero-order valence-corrected chi connectivity index (χ0v) is 15.2. The molecule has 2 amide bonds. The molecule has 0 saturated heterocycles. The highest BCUT2D eigenvalue weighted by Crippen LogP contribution is 2.32. The van der Waals surface area contributed by atoms with Gasteiger partial charge in [-0.1, -0.05) is 12.1 Å². The zero-order chi connectivity index (χ0) is 19.3. The topological polar surface area (TPSA) is 93.0 Å². The summed E-state index contributed by atoms with van der Waals surface area (Å²) in [5.74, 6) is -0.251. The van der Waals surface area contributed by atoms with Gasteiger partial charge in [-0.3, -0.25) is 19.7 Å². The van der Waals surface area contributed by atoms with Gasteiger partial charge in [0.1, 0.15) is 5.75 Å². The number of hydrogen-bond donors (Lipinski definition) is 0. The van der Waals surface area contributed by atoms with Crippen LogP contribution < -0.4 is 9.64 Å². The minimum atomic E-state index is -0.608. The maximum absolute atomic E-state index is 13.0. The van der Waals surface area contributed by atoms with Gasteiger partial charge in [-0.2, -0.15) is 0 Å². The Kier molecular flexibility index (Phi) is 6.31. The fourth-order valence-electron chi connectivity index (χ4n) is 2.16. The molecule has 0 heterocycles. The summed E-state index contributed by atoms with van der Waals surface area (Å²) in [5, 5.41) is 10.3. The summed E-state index contributed by atoms with van der Waals surface area (Å²) in [5.41, 5.74) is 0.297. The lowest BCUT2D eigenvalue weighted by Crippen LogP contribution is -2.35. The molecule has 0 aromatic heterocycles. The Morgan fingerprint density at radius 3 is 2.23 bits per heavy atom. The van der Waals surface area contributed by atoms with E-state index in [9.17, 15) is 19.7 Å². The Labute approximate surface area is 154 Å². The van der Waals surface area contributed by atoms with E-state index in [1.807, 2.05) is 0 Å². The number of anilines is 1. The number of para-hydroxylation sites is 2. The van der Waals surface area contributed by atoms with Gasteiger partial charge in [0.25, 0.3) is 11.6 Å². The molecule has 0 spiro atoms. The number of imide groups is 1. The van der Waals surface area contributed by atoms with E-state index in [1.165, 1.54) is 31.4 Å². The molecule has 0 aliphatic heterocycles. The van der Waals surface area contributed by atoms with Crippen LogP contribution in [0.5, 0.6) is 5.75 Å². The summed E-state index contributed by atoms with van der Waals surface area (Å²) in [7, 11) is 4.80. The third kappa shape index (κ3) is 4.38. The molecule has 0 atom stereocenters. The highest BCUT2D eigenvalue weighted by atomic mass is 32.2. The Morgan fingerprint density at radius 2 is 1.69 bits per heavy atom. The van der Waals surface area contributed by atoms with Crippen LogP contribution in [0.1, 0.15) is 10.4 Å². The number of methoxy groups -OCH3 is 1. The molecule has 8 nitrogen and oxygen atoms in total. The van der Waals surface area contributed by atoms with Crippen LogP contribution in [0.3, 0.4) is 0 Å². The summed E-state index contributed by atoms with van der Waals surface area (Å²) in [6, 6.07) is 11.7. The smallest absolute Gasteiger partial charge is 0.308 e. The Balaban J connectivity index is 2.47. The van der Waals surface area contributed by atoms with E-state index < -0.39 is 16.1 Å². The first-order valence-electron chi connectivity index (χ1n) is 7.46. The second-order valence-electron chi connectivity index (χ2n) is 5.29. The summed E-state index contributed by atoms with van der Waals surface area (Å²) >= 11 is 0.843. The quantitative estimate of drug-likeness (QED) is 0.448. The number of carbonyl (C=O) groups excluding carboxylic acids is 2. The summed E-state index contributed by atoms with van der Waals surface area (Å²) in [6.45, 7) is 0. The van der Waals surface area contributed by atoms with Crippen molar-refractivity contribution in [1.82, 2.24) is 4.31 Å².